The summed E-state index contributed by atoms with van der Waals surface area (Å²) >= 11 is 3.88. The highest BCUT2D eigenvalue weighted by molar-refractivity contribution is 14.1. The van der Waals surface area contributed by atoms with Crippen LogP contribution in [0.25, 0.3) is 0 Å². The van der Waals surface area contributed by atoms with Crippen LogP contribution in [-0.2, 0) is 12.8 Å². The quantitative estimate of drug-likeness (QED) is 0.244. The van der Waals surface area contributed by atoms with E-state index in [4.69, 9.17) is 14.5 Å². The van der Waals surface area contributed by atoms with Crippen LogP contribution in [-0.4, -0.2) is 25.3 Å². The van der Waals surface area contributed by atoms with Gasteiger partial charge in [0.05, 0.1) is 22.3 Å². The van der Waals surface area contributed by atoms with Gasteiger partial charge in [0.2, 0.25) is 0 Å². The first-order valence-corrected chi connectivity index (χ1v) is 12.9. The van der Waals surface area contributed by atoms with Crippen molar-refractivity contribution in [1.29, 1.82) is 0 Å². The van der Waals surface area contributed by atoms with Gasteiger partial charge in [-0.25, -0.2) is 4.99 Å². The van der Waals surface area contributed by atoms with Gasteiger partial charge in [0.15, 0.2) is 11.5 Å². The standard InChI is InChI=1S/C26H27IN2O3S/c1-16(2)32-24-20(27)13-17(14-21(24)31-3)15-28-26-23(19-11-7-8-12-22(19)33-26)25(30)29-18-9-5-4-6-10-18/h4-6,9-10,13-16H,7-8,11-12H2,1-3H3,(H,29,30). The monoisotopic (exact) mass is 574 g/mol. The van der Waals surface area contributed by atoms with Crippen LogP contribution in [0.3, 0.4) is 0 Å². The molecule has 0 bridgehead atoms. The highest BCUT2D eigenvalue weighted by Gasteiger charge is 2.25. The number of nitrogens with one attached hydrogen (secondary N) is 1. The Morgan fingerprint density at radius 3 is 2.67 bits per heavy atom. The molecule has 172 valence electrons. The Labute approximate surface area is 212 Å². The largest absolute Gasteiger partial charge is 0.493 e. The van der Waals surface area contributed by atoms with Crippen molar-refractivity contribution < 1.29 is 14.3 Å². The summed E-state index contributed by atoms with van der Waals surface area (Å²) in [5.41, 5.74) is 3.54. The van der Waals surface area contributed by atoms with Gasteiger partial charge in [-0.2, -0.15) is 0 Å². The van der Waals surface area contributed by atoms with E-state index in [0.29, 0.717) is 11.3 Å². The van der Waals surface area contributed by atoms with Gasteiger partial charge < -0.3 is 14.8 Å². The topological polar surface area (TPSA) is 59.9 Å². The van der Waals surface area contributed by atoms with Gasteiger partial charge in [-0.05, 0) is 97.5 Å². The SMILES string of the molecule is COc1cc(C=Nc2sc3c(c2C(=O)Nc2ccccc2)CCCC3)cc(I)c1OC(C)C. The number of hydrogen-bond donors (Lipinski definition) is 1. The maximum atomic E-state index is 13.3. The molecule has 1 aliphatic rings. The first kappa shape index (κ1) is 23.8. The summed E-state index contributed by atoms with van der Waals surface area (Å²) < 4.78 is 12.4. The second-order valence-electron chi connectivity index (χ2n) is 8.17. The van der Waals surface area contributed by atoms with Gasteiger partial charge in [0.25, 0.3) is 5.91 Å². The molecule has 5 nitrogen and oxygen atoms in total. The fourth-order valence-corrected chi connectivity index (χ4v) is 5.87. The fourth-order valence-electron chi connectivity index (χ4n) is 3.89. The first-order chi connectivity index (χ1) is 16.0. The van der Waals surface area contributed by atoms with Crippen molar-refractivity contribution in [3.05, 3.63) is 67.6 Å². The number of amides is 1. The van der Waals surface area contributed by atoms with E-state index >= 15 is 0 Å². The third-order valence-corrected chi connectivity index (χ3v) is 7.35. The van der Waals surface area contributed by atoms with Crippen LogP contribution in [0, 0.1) is 3.57 Å². The summed E-state index contributed by atoms with van der Waals surface area (Å²) in [4.78, 5) is 19.3. The molecule has 0 fully saturated rings. The van der Waals surface area contributed by atoms with E-state index in [-0.39, 0.29) is 12.0 Å². The maximum absolute atomic E-state index is 13.3. The van der Waals surface area contributed by atoms with Gasteiger partial charge in [-0.1, -0.05) is 18.2 Å². The number of carbonyl (C=O) groups excluding carboxylic acids is 1. The Morgan fingerprint density at radius 1 is 1.18 bits per heavy atom. The predicted octanol–water partition coefficient (Wildman–Crippen LogP) is 7.03. The average Bonchev–Trinajstić information content (AvgIpc) is 3.18. The van der Waals surface area contributed by atoms with Crippen molar-refractivity contribution in [3.63, 3.8) is 0 Å². The van der Waals surface area contributed by atoms with Crippen LogP contribution < -0.4 is 14.8 Å². The number of para-hydroxylation sites is 1. The van der Waals surface area contributed by atoms with Crippen LogP contribution in [0.15, 0.2) is 47.5 Å². The summed E-state index contributed by atoms with van der Waals surface area (Å²) in [7, 11) is 1.64. The second-order valence-corrected chi connectivity index (χ2v) is 10.4. The smallest absolute Gasteiger partial charge is 0.259 e. The number of rotatable bonds is 7. The summed E-state index contributed by atoms with van der Waals surface area (Å²) in [5.74, 6) is 1.31. The van der Waals surface area contributed by atoms with Gasteiger partial charge in [0, 0.05) is 16.8 Å². The molecule has 0 unspecified atom stereocenters. The van der Waals surface area contributed by atoms with Crippen LogP contribution in [0.5, 0.6) is 11.5 Å². The molecule has 0 spiro atoms. The Hall–Kier alpha value is -2.39. The number of carbonyl (C=O) groups is 1. The van der Waals surface area contributed by atoms with Crippen LogP contribution in [0.4, 0.5) is 10.7 Å². The van der Waals surface area contributed by atoms with Crippen molar-refractivity contribution in [1.82, 2.24) is 0 Å². The number of fused-ring (bicyclic) bond motifs is 1. The van der Waals surface area contributed by atoms with E-state index in [1.807, 2.05) is 56.3 Å². The Balaban J connectivity index is 1.67. The highest BCUT2D eigenvalue weighted by Crippen LogP contribution is 2.40. The number of hydrogen-bond acceptors (Lipinski definition) is 5. The number of methoxy groups -OCH3 is 1. The van der Waals surface area contributed by atoms with Crippen LogP contribution in [0.1, 0.15) is 53.1 Å². The number of nitrogens with zero attached hydrogens (tertiary/aromatic N) is 1. The van der Waals surface area contributed by atoms with Crippen molar-refractivity contribution >= 4 is 56.7 Å². The Kier molecular flexibility index (Phi) is 7.70. The molecule has 0 saturated heterocycles. The van der Waals surface area contributed by atoms with Gasteiger partial charge in [-0.3, -0.25) is 4.79 Å². The van der Waals surface area contributed by atoms with Gasteiger partial charge >= 0.3 is 0 Å². The molecule has 33 heavy (non-hydrogen) atoms. The highest BCUT2D eigenvalue weighted by atomic mass is 127. The lowest BCUT2D eigenvalue weighted by Crippen LogP contribution is -2.14. The molecule has 1 aromatic heterocycles. The molecule has 2 aromatic carbocycles. The van der Waals surface area contributed by atoms with Crippen molar-refractivity contribution in [2.24, 2.45) is 4.99 Å². The third kappa shape index (κ3) is 5.58. The summed E-state index contributed by atoms with van der Waals surface area (Å²) in [5, 5.41) is 3.80. The average molecular weight is 574 g/mol. The molecular weight excluding hydrogens is 547 g/mol. The fraction of sp³-hybridized carbons (Fsp3) is 0.308. The van der Waals surface area contributed by atoms with E-state index in [1.54, 1.807) is 24.7 Å². The van der Waals surface area contributed by atoms with Crippen LogP contribution >= 0.6 is 33.9 Å². The normalized spacial score (nSPS) is 13.2. The molecule has 7 heteroatoms. The second kappa shape index (κ2) is 10.7. The van der Waals surface area contributed by atoms with E-state index in [9.17, 15) is 4.79 Å². The minimum Gasteiger partial charge on any atom is -0.493 e. The zero-order valence-electron chi connectivity index (χ0n) is 19.0. The molecule has 1 heterocycles. The molecular formula is C26H27IN2O3S. The van der Waals surface area contributed by atoms with Crippen LogP contribution in [0.2, 0.25) is 0 Å². The lowest BCUT2D eigenvalue weighted by atomic mass is 9.95. The molecule has 1 N–H and O–H groups in total. The van der Waals surface area contributed by atoms with E-state index in [1.165, 1.54) is 4.88 Å². The zero-order valence-corrected chi connectivity index (χ0v) is 22.0. The minimum absolute atomic E-state index is 0.0510. The molecule has 1 aliphatic carbocycles. The number of halogens is 1. The van der Waals surface area contributed by atoms with Gasteiger partial charge in [0.1, 0.15) is 5.00 Å². The zero-order chi connectivity index (χ0) is 23.4. The molecule has 3 aromatic rings. The summed E-state index contributed by atoms with van der Waals surface area (Å²) in [6.07, 6.45) is 6.05. The lowest BCUT2D eigenvalue weighted by Gasteiger charge is -2.15. The number of anilines is 1. The lowest BCUT2D eigenvalue weighted by molar-refractivity contribution is 0.102. The van der Waals surface area contributed by atoms with Gasteiger partial charge in [-0.15, -0.1) is 11.3 Å². The summed E-state index contributed by atoms with van der Waals surface area (Å²) in [6.45, 7) is 3.98. The maximum Gasteiger partial charge on any atom is 0.259 e. The molecule has 0 radical (unpaired) electrons. The van der Waals surface area contributed by atoms with Crippen molar-refractivity contribution in [3.8, 4) is 11.5 Å². The molecule has 0 atom stereocenters. The van der Waals surface area contributed by atoms with Crippen molar-refractivity contribution in [2.75, 3.05) is 12.4 Å². The first-order valence-electron chi connectivity index (χ1n) is 11.1. The molecule has 0 saturated carbocycles. The molecule has 4 rings (SSSR count). The predicted molar refractivity (Wildman–Crippen MR) is 144 cm³/mol. The van der Waals surface area contributed by atoms with E-state index in [2.05, 4.69) is 27.9 Å². The minimum atomic E-state index is -0.0967. The number of aryl methyl sites for hydroxylation is 1. The van der Waals surface area contributed by atoms with E-state index in [0.717, 1.165) is 56.8 Å². The Bertz CT molecular complexity index is 1170. The molecule has 1 amide bonds. The summed E-state index contributed by atoms with van der Waals surface area (Å²) in [6, 6.07) is 13.5. The third-order valence-electron chi connectivity index (χ3n) is 5.35. The number of benzene rings is 2. The van der Waals surface area contributed by atoms with Crippen molar-refractivity contribution in [2.45, 2.75) is 45.6 Å². The molecule has 0 aliphatic heterocycles. The Morgan fingerprint density at radius 2 is 1.94 bits per heavy atom. The number of thiophene rings is 1. The van der Waals surface area contributed by atoms with E-state index < -0.39 is 0 Å². The number of ether oxygens (including phenoxy) is 2. The number of aliphatic imine (C=N–C) groups is 1.